The zero-order valence-electron chi connectivity index (χ0n) is 24.2. The number of nitrogens with zero attached hydrogens (tertiary/aromatic N) is 4. The molecule has 0 spiro atoms. The summed E-state index contributed by atoms with van der Waals surface area (Å²) in [5.74, 6) is 0.356. The maximum Gasteiger partial charge on any atom is 0.305 e. The molecule has 3 heterocycles. The second kappa shape index (κ2) is 13.4. The van der Waals surface area contributed by atoms with Crippen LogP contribution in [0.25, 0.3) is 15.9 Å². The molecule has 0 saturated carbocycles. The second-order valence-electron chi connectivity index (χ2n) is 9.92. The van der Waals surface area contributed by atoms with Crippen LogP contribution in [-0.4, -0.2) is 43.6 Å². The van der Waals surface area contributed by atoms with Gasteiger partial charge in [-0.1, -0.05) is 48.9 Å². The smallest absolute Gasteiger partial charge is 0.305 e. The molecule has 0 fully saturated rings. The van der Waals surface area contributed by atoms with Crippen molar-refractivity contribution in [1.82, 2.24) is 24.6 Å². The molecule has 0 aliphatic carbocycles. The Morgan fingerprint density at radius 2 is 1.77 bits per heavy atom. The highest BCUT2D eigenvalue weighted by molar-refractivity contribution is 7.15. The first-order valence-electron chi connectivity index (χ1n) is 14.2. The zero-order chi connectivity index (χ0) is 30.5. The Labute approximate surface area is 258 Å². The van der Waals surface area contributed by atoms with Crippen LogP contribution in [0.4, 0.5) is 0 Å². The van der Waals surface area contributed by atoms with Crippen LogP contribution in [0.2, 0.25) is 5.02 Å². The van der Waals surface area contributed by atoms with Crippen molar-refractivity contribution >= 4 is 51.5 Å². The van der Waals surface area contributed by atoms with E-state index in [-0.39, 0.29) is 30.6 Å². The van der Waals surface area contributed by atoms with Crippen LogP contribution < -0.4 is 5.32 Å². The molecule has 5 rings (SSSR count). The molecule has 3 aromatic heterocycles. The van der Waals surface area contributed by atoms with Gasteiger partial charge in [-0.3, -0.25) is 19.0 Å². The third-order valence-corrected chi connectivity index (χ3v) is 8.68. The van der Waals surface area contributed by atoms with Gasteiger partial charge in [-0.25, -0.2) is 0 Å². The number of carbonyl (C=O) groups is 3. The maximum atomic E-state index is 13.6. The number of esters is 1. The summed E-state index contributed by atoms with van der Waals surface area (Å²) >= 11 is 7.86. The molecule has 0 atom stereocenters. The summed E-state index contributed by atoms with van der Waals surface area (Å²) in [6, 6.07) is 18.5. The summed E-state index contributed by atoms with van der Waals surface area (Å²) in [6.07, 6.45) is 1.55. The lowest BCUT2D eigenvalue weighted by Gasteiger charge is -2.12. The van der Waals surface area contributed by atoms with E-state index in [2.05, 4.69) is 15.5 Å². The van der Waals surface area contributed by atoms with Gasteiger partial charge >= 0.3 is 5.97 Å². The van der Waals surface area contributed by atoms with E-state index in [0.717, 1.165) is 22.2 Å². The number of hydrogen-bond acceptors (Lipinski definition) is 7. The van der Waals surface area contributed by atoms with E-state index in [9.17, 15) is 14.4 Å². The van der Waals surface area contributed by atoms with Gasteiger partial charge in [-0.05, 0) is 57.0 Å². The maximum absolute atomic E-state index is 13.6. The van der Waals surface area contributed by atoms with Gasteiger partial charge in [0.05, 0.1) is 23.7 Å². The van der Waals surface area contributed by atoms with Crippen LogP contribution >= 0.6 is 22.9 Å². The Bertz CT molecular complexity index is 1800. The van der Waals surface area contributed by atoms with E-state index in [1.54, 1.807) is 31.2 Å². The van der Waals surface area contributed by atoms with Crippen LogP contribution in [0.15, 0.2) is 60.7 Å². The predicted octanol–water partition coefficient (Wildman–Crippen LogP) is 6.31. The average molecular weight is 618 g/mol. The summed E-state index contributed by atoms with van der Waals surface area (Å²) in [5.41, 5.74) is 2.31. The topological polar surface area (TPSA) is 108 Å². The number of amides is 1. The number of hydrogen-bond donors (Lipinski definition) is 1. The average Bonchev–Trinajstić information content (AvgIpc) is 3.70. The van der Waals surface area contributed by atoms with Crippen molar-refractivity contribution in [1.29, 1.82) is 0 Å². The van der Waals surface area contributed by atoms with Crippen molar-refractivity contribution in [3.8, 4) is 5.00 Å². The third kappa shape index (κ3) is 6.40. The van der Waals surface area contributed by atoms with Gasteiger partial charge in [0.15, 0.2) is 11.6 Å². The molecule has 1 amide bonds. The van der Waals surface area contributed by atoms with E-state index in [4.69, 9.17) is 16.3 Å². The molecule has 9 nitrogen and oxygen atoms in total. The molecule has 2 aromatic carbocycles. The molecule has 1 N–H and O–H groups in total. The van der Waals surface area contributed by atoms with Gasteiger partial charge in [0.1, 0.15) is 16.5 Å². The normalized spacial score (nSPS) is 11.2. The van der Waals surface area contributed by atoms with Gasteiger partial charge in [0, 0.05) is 34.3 Å². The van der Waals surface area contributed by atoms with Crippen molar-refractivity contribution in [3.05, 3.63) is 99.0 Å². The monoisotopic (exact) mass is 617 g/mol. The molecule has 0 saturated heterocycles. The highest BCUT2D eigenvalue weighted by Crippen LogP contribution is 2.32. The summed E-state index contributed by atoms with van der Waals surface area (Å²) < 4.78 is 8.80. The van der Waals surface area contributed by atoms with Crippen molar-refractivity contribution < 1.29 is 19.1 Å². The van der Waals surface area contributed by atoms with Gasteiger partial charge in [-0.2, -0.15) is 0 Å². The number of thiophene rings is 1. The molecule has 43 heavy (non-hydrogen) atoms. The van der Waals surface area contributed by atoms with Crippen molar-refractivity contribution in [3.63, 3.8) is 0 Å². The molecule has 0 unspecified atom stereocenters. The van der Waals surface area contributed by atoms with E-state index in [0.29, 0.717) is 58.1 Å². The summed E-state index contributed by atoms with van der Waals surface area (Å²) in [6.45, 7) is 6.53. The Morgan fingerprint density at radius 3 is 2.53 bits per heavy atom. The number of carbonyl (C=O) groups excluding carboxylic acids is 3. The lowest BCUT2D eigenvalue weighted by atomic mass is 10.0. The van der Waals surface area contributed by atoms with E-state index < -0.39 is 0 Å². The van der Waals surface area contributed by atoms with Crippen molar-refractivity contribution in [2.75, 3.05) is 6.61 Å². The standard InChI is InChI=1S/C32H32ClN5O4S/c1-4-22-18-24(30(40)23-12-7-8-13-25(23)33)32(43-22)38-20(3)35-36-28(38)19-34-31(41)27-17-21-11-6-9-14-26(21)37(27)16-10-15-29(39)42-5-2/h6-9,11-14,17-18H,4-5,10,15-16,19H2,1-3H3,(H,34,41). The van der Waals surface area contributed by atoms with Crippen LogP contribution in [-0.2, 0) is 29.0 Å². The molecule has 0 aliphatic rings. The number of para-hydroxylation sites is 1. The molecule has 0 aliphatic heterocycles. The second-order valence-corrected chi connectivity index (χ2v) is 11.4. The Balaban J connectivity index is 1.41. The van der Waals surface area contributed by atoms with Gasteiger partial charge in [0.2, 0.25) is 0 Å². The van der Waals surface area contributed by atoms with Gasteiger partial charge in [-0.15, -0.1) is 21.5 Å². The number of benzene rings is 2. The quantitative estimate of drug-likeness (QED) is 0.130. The third-order valence-electron chi connectivity index (χ3n) is 7.09. The summed E-state index contributed by atoms with van der Waals surface area (Å²) in [7, 11) is 0. The van der Waals surface area contributed by atoms with Crippen LogP contribution in [0, 0.1) is 6.92 Å². The minimum absolute atomic E-state index is 0.0864. The van der Waals surface area contributed by atoms with E-state index in [1.165, 1.54) is 11.3 Å². The Kier molecular flexibility index (Phi) is 9.37. The first-order chi connectivity index (χ1) is 20.8. The van der Waals surface area contributed by atoms with E-state index in [1.807, 2.05) is 59.4 Å². The molecule has 0 bridgehead atoms. The van der Waals surface area contributed by atoms with Crippen LogP contribution in [0.1, 0.15) is 69.6 Å². The van der Waals surface area contributed by atoms with Crippen LogP contribution in [0.5, 0.6) is 0 Å². The largest absolute Gasteiger partial charge is 0.466 e. The molecule has 222 valence electrons. The van der Waals surface area contributed by atoms with Gasteiger partial charge < -0.3 is 14.6 Å². The molecule has 11 heteroatoms. The van der Waals surface area contributed by atoms with E-state index >= 15 is 0 Å². The number of nitrogens with one attached hydrogen (secondary N) is 1. The lowest BCUT2D eigenvalue weighted by Crippen LogP contribution is -2.27. The number of halogens is 1. The number of ether oxygens (including phenoxy) is 1. The SMILES string of the molecule is CCOC(=O)CCCn1c(C(=O)NCc2nnc(C)n2-c2sc(CC)cc2C(=O)c2ccccc2Cl)cc2ccccc21. The Hall–Kier alpha value is -4.28. The highest BCUT2D eigenvalue weighted by atomic mass is 35.5. The zero-order valence-corrected chi connectivity index (χ0v) is 25.8. The number of ketones is 1. The number of aromatic nitrogens is 4. The minimum atomic E-state index is -0.285. The fraction of sp³-hybridized carbons (Fsp3) is 0.281. The number of fused-ring (bicyclic) bond motifs is 1. The lowest BCUT2D eigenvalue weighted by molar-refractivity contribution is -0.143. The molecular weight excluding hydrogens is 586 g/mol. The minimum Gasteiger partial charge on any atom is -0.466 e. The van der Waals surface area contributed by atoms with Crippen molar-refractivity contribution in [2.45, 2.75) is 53.1 Å². The van der Waals surface area contributed by atoms with Crippen molar-refractivity contribution in [2.24, 2.45) is 0 Å². The van der Waals surface area contributed by atoms with Crippen LogP contribution in [0.3, 0.4) is 0 Å². The Morgan fingerprint density at radius 1 is 1.00 bits per heavy atom. The highest BCUT2D eigenvalue weighted by Gasteiger charge is 2.24. The summed E-state index contributed by atoms with van der Waals surface area (Å²) in [5, 5.41) is 13.6. The first-order valence-corrected chi connectivity index (χ1v) is 15.4. The van der Waals surface area contributed by atoms with Gasteiger partial charge in [0.25, 0.3) is 5.91 Å². The molecule has 5 aromatic rings. The number of rotatable bonds is 12. The predicted molar refractivity (Wildman–Crippen MR) is 167 cm³/mol. The fourth-order valence-corrected chi connectivity index (χ4v) is 6.39. The molecule has 0 radical (unpaired) electrons. The fourth-order valence-electron chi connectivity index (χ4n) is 5.01. The molecular formula is C32H32ClN5O4S. The first kappa shape index (κ1) is 30.2. The number of aryl methyl sites for hydroxylation is 3. The summed E-state index contributed by atoms with van der Waals surface area (Å²) in [4.78, 5) is 40.1.